The number of hydrogen-bond acceptors (Lipinski definition) is 6. The second-order valence-corrected chi connectivity index (χ2v) is 8.37. The Bertz CT molecular complexity index is 1430. The van der Waals surface area contributed by atoms with Crippen molar-refractivity contribution in [2.75, 3.05) is 25.1 Å². The summed E-state index contributed by atoms with van der Waals surface area (Å²) in [5, 5.41) is 6.26. The smallest absolute Gasteiger partial charge is 0.319 e. The summed E-state index contributed by atoms with van der Waals surface area (Å²) in [7, 11) is 0. The van der Waals surface area contributed by atoms with Gasteiger partial charge in [0.1, 0.15) is 30.5 Å². The third-order valence-electron chi connectivity index (χ3n) is 5.78. The van der Waals surface area contributed by atoms with Crippen molar-refractivity contribution in [3.63, 3.8) is 0 Å². The molecule has 0 spiro atoms. The summed E-state index contributed by atoms with van der Waals surface area (Å²) >= 11 is 0. The highest BCUT2D eigenvalue weighted by Gasteiger charge is 2.24. The van der Waals surface area contributed by atoms with Crippen LogP contribution in [0.5, 0.6) is 28.7 Å². The predicted molar refractivity (Wildman–Crippen MR) is 137 cm³/mol. The highest BCUT2D eigenvalue weighted by Crippen LogP contribution is 2.48. The van der Waals surface area contributed by atoms with E-state index in [1.807, 2.05) is 13.0 Å². The summed E-state index contributed by atoms with van der Waals surface area (Å²) < 4.78 is 37.1. The van der Waals surface area contributed by atoms with E-state index in [0.29, 0.717) is 70.7 Å². The third kappa shape index (κ3) is 5.35. The number of nitrogens with zero attached hydrogens (tertiary/aromatic N) is 1. The second-order valence-electron chi connectivity index (χ2n) is 8.37. The molecule has 2 N–H and O–H groups in total. The molecule has 1 aliphatic heterocycles. The number of carbonyl (C=O) groups is 1. The Balaban J connectivity index is 1.31. The summed E-state index contributed by atoms with van der Waals surface area (Å²) in [6.07, 6.45) is 1.66. The zero-order valence-electron chi connectivity index (χ0n) is 20.4. The zero-order chi connectivity index (χ0) is 25.8. The molecule has 9 heteroatoms. The highest BCUT2D eigenvalue weighted by molar-refractivity contribution is 5.95. The van der Waals surface area contributed by atoms with Crippen molar-refractivity contribution < 1.29 is 28.1 Å². The SMILES string of the molecule is CCOc1cc2nccc(Oc3ccc(NC(=O)NC(C)c4cccc(F)c4)cc3)c2c2c1OCCO2. The van der Waals surface area contributed by atoms with Crippen molar-refractivity contribution in [3.8, 4) is 28.7 Å². The molecule has 1 aromatic heterocycles. The number of ether oxygens (including phenoxy) is 4. The van der Waals surface area contributed by atoms with Crippen molar-refractivity contribution in [1.29, 1.82) is 0 Å². The Hall–Kier alpha value is -4.53. The fraction of sp³-hybridized carbons (Fsp3) is 0.214. The first kappa shape index (κ1) is 24.2. The molecular weight excluding hydrogens is 477 g/mol. The second kappa shape index (κ2) is 10.6. The lowest BCUT2D eigenvalue weighted by Crippen LogP contribution is -2.31. The van der Waals surface area contributed by atoms with Gasteiger partial charge in [-0.2, -0.15) is 0 Å². The van der Waals surface area contributed by atoms with E-state index in [9.17, 15) is 9.18 Å². The number of aromatic nitrogens is 1. The number of pyridine rings is 1. The van der Waals surface area contributed by atoms with Crippen LogP contribution in [0.4, 0.5) is 14.9 Å². The molecule has 0 aliphatic carbocycles. The molecule has 3 aromatic carbocycles. The van der Waals surface area contributed by atoms with Crippen molar-refractivity contribution >= 4 is 22.6 Å². The van der Waals surface area contributed by atoms with Gasteiger partial charge in [-0.15, -0.1) is 0 Å². The lowest BCUT2D eigenvalue weighted by atomic mass is 10.1. The maximum atomic E-state index is 13.5. The number of hydrogen-bond donors (Lipinski definition) is 2. The largest absolute Gasteiger partial charge is 0.490 e. The molecule has 0 fully saturated rings. The van der Waals surface area contributed by atoms with Gasteiger partial charge in [0.15, 0.2) is 11.5 Å². The number of carbonyl (C=O) groups excluding carboxylic acids is 1. The number of urea groups is 1. The Morgan fingerprint density at radius 1 is 1.05 bits per heavy atom. The van der Waals surface area contributed by atoms with E-state index in [0.717, 1.165) is 0 Å². The van der Waals surface area contributed by atoms with E-state index < -0.39 is 6.03 Å². The first-order valence-corrected chi connectivity index (χ1v) is 12.0. The number of benzene rings is 3. The van der Waals surface area contributed by atoms with Gasteiger partial charge >= 0.3 is 6.03 Å². The Morgan fingerprint density at radius 2 is 1.84 bits per heavy atom. The monoisotopic (exact) mass is 503 g/mol. The van der Waals surface area contributed by atoms with Gasteiger partial charge < -0.3 is 29.6 Å². The molecule has 4 aromatic rings. The average molecular weight is 504 g/mol. The molecule has 1 aliphatic rings. The minimum atomic E-state index is -0.403. The molecule has 0 bridgehead atoms. The number of nitrogens with one attached hydrogen (secondary N) is 2. The molecule has 0 radical (unpaired) electrons. The summed E-state index contributed by atoms with van der Waals surface area (Å²) in [4.78, 5) is 16.9. The van der Waals surface area contributed by atoms with Crippen LogP contribution in [0.2, 0.25) is 0 Å². The summed E-state index contributed by atoms with van der Waals surface area (Å²) in [6.45, 7) is 5.01. The quantitative estimate of drug-likeness (QED) is 0.311. The van der Waals surface area contributed by atoms with E-state index in [2.05, 4.69) is 15.6 Å². The highest BCUT2D eigenvalue weighted by atomic mass is 19.1. The normalized spacial score (nSPS) is 13.1. The molecule has 2 heterocycles. The van der Waals surface area contributed by atoms with Gasteiger partial charge in [-0.05, 0) is 61.9 Å². The maximum Gasteiger partial charge on any atom is 0.319 e. The van der Waals surface area contributed by atoms with Crippen LogP contribution in [0.25, 0.3) is 10.9 Å². The topological polar surface area (TPSA) is 90.9 Å². The van der Waals surface area contributed by atoms with E-state index in [1.165, 1.54) is 12.1 Å². The first-order valence-electron chi connectivity index (χ1n) is 12.0. The molecule has 0 saturated carbocycles. The lowest BCUT2D eigenvalue weighted by molar-refractivity contribution is 0.165. The van der Waals surface area contributed by atoms with Crippen molar-refractivity contribution in [2.24, 2.45) is 0 Å². The van der Waals surface area contributed by atoms with Gasteiger partial charge in [0.25, 0.3) is 0 Å². The van der Waals surface area contributed by atoms with E-state index >= 15 is 0 Å². The van der Waals surface area contributed by atoms with Crippen LogP contribution in [0, 0.1) is 5.82 Å². The minimum absolute atomic E-state index is 0.349. The van der Waals surface area contributed by atoms with Crippen LogP contribution in [0.3, 0.4) is 0 Å². The molecular formula is C28H26FN3O5. The van der Waals surface area contributed by atoms with Crippen molar-refractivity contribution in [1.82, 2.24) is 10.3 Å². The van der Waals surface area contributed by atoms with Crippen LogP contribution in [-0.2, 0) is 0 Å². The molecule has 190 valence electrons. The van der Waals surface area contributed by atoms with Crippen LogP contribution < -0.4 is 29.6 Å². The molecule has 37 heavy (non-hydrogen) atoms. The van der Waals surface area contributed by atoms with Gasteiger partial charge in [0, 0.05) is 18.0 Å². The molecule has 2 amide bonds. The summed E-state index contributed by atoms with van der Waals surface area (Å²) in [6, 6.07) is 15.9. The molecule has 1 atom stereocenters. The average Bonchev–Trinajstić information content (AvgIpc) is 2.90. The van der Waals surface area contributed by atoms with Crippen LogP contribution >= 0.6 is 0 Å². The standard InChI is InChI=1S/C28H26FN3O5/c1-3-34-24-16-22-25(27-26(24)35-13-14-36-27)23(11-12-30-22)37-21-9-7-20(8-10-21)32-28(33)31-17(2)18-5-4-6-19(29)15-18/h4-12,15-17H,3,13-14H2,1-2H3,(H2,31,32,33). The van der Waals surface area contributed by atoms with Crippen molar-refractivity contribution in [3.05, 3.63) is 78.2 Å². The number of rotatable bonds is 7. The Morgan fingerprint density at radius 3 is 2.59 bits per heavy atom. The zero-order valence-corrected chi connectivity index (χ0v) is 20.4. The minimum Gasteiger partial charge on any atom is -0.490 e. The molecule has 0 saturated heterocycles. The first-order chi connectivity index (χ1) is 18.0. The van der Waals surface area contributed by atoms with Crippen LogP contribution in [0.1, 0.15) is 25.5 Å². The third-order valence-corrected chi connectivity index (χ3v) is 5.78. The van der Waals surface area contributed by atoms with Gasteiger partial charge in [-0.1, -0.05) is 12.1 Å². The summed E-state index contributed by atoms with van der Waals surface area (Å²) in [5.41, 5.74) is 1.91. The number of amides is 2. The van der Waals surface area contributed by atoms with Gasteiger partial charge in [0.2, 0.25) is 5.75 Å². The van der Waals surface area contributed by atoms with Gasteiger partial charge in [-0.25, -0.2) is 9.18 Å². The molecule has 1 unspecified atom stereocenters. The van der Waals surface area contributed by atoms with Gasteiger partial charge in [0.05, 0.1) is 23.6 Å². The predicted octanol–water partition coefficient (Wildman–Crippen LogP) is 6.22. The van der Waals surface area contributed by atoms with E-state index in [4.69, 9.17) is 18.9 Å². The van der Waals surface area contributed by atoms with Crippen LogP contribution in [0.15, 0.2) is 66.9 Å². The number of anilines is 1. The number of fused-ring (bicyclic) bond motifs is 3. The lowest BCUT2D eigenvalue weighted by Gasteiger charge is -2.23. The van der Waals surface area contributed by atoms with Crippen LogP contribution in [-0.4, -0.2) is 30.8 Å². The maximum absolute atomic E-state index is 13.5. The van der Waals surface area contributed by atoms with Gasteiger partial charge in [-0.3, -0.25) is 4.98 Å². The number of halogens is 1. The summed E-state index contributed by atoms with van der Waals surface area (Å²) in [5.74, 6) is 2.42. The Labute approximate surface area is 213 Å². The Kier molecular flexibility index (Phi) is 6.93. The molecule has 5 rings (SSSR count). The van der Waals surface area contributed by atoms with E-state index in [-0.39, 0.29) is 11.9 Å². The van der Waals surface area contributed by atoms with E-state index in [1.54, 1.807) is 55.6 Å². The van der Waals surface area contributed by atoms with Crippen molar-refractivity contribution in [2.45, 2.75) is 19.9 Å². The fourth-order valence-electron chi connectivity index (χ4n) is 4.08. The fourth-order valence-corrected chi connectivity index (χ4v) is 4.08. The molecule has 8 nitrogen and oxygen atoms in total.